The molecule has 0 spiro atoms. The number of amides is 1. The molecule has 1 aliphatic rings. The predicted molar refractivity (Wildman–Crippen MR) is 112 cm³/mol. The fraction of sp³-hybridized carbons (Fsp3) is 0.318. The van der Waals surface area contributed by atoms with Crippen molar-refractivity contribution in [1.82, 2.24) is 9.55 Å². The Morgan fingerprint density at radius 2 is 2.03 bits per heavy atom. The predicted octanol–water partition coefficient (Wildman–Crippen LogP) is 4.08. The molecule has 7 heteroatoms. The number of aromatic nitrogens is 2. The largest absolute Gasteiger partial charge is 0.465 e. The van der Waals surface area contributed by atoms with Crippen LogP contribution < -0.4 is 4.90 Å². The molecule has 0 saturated carbocycles. The molecule has 1 fully saturated rings. The van der Waals surface area contributed by atoms with Gasteiger partial charge < -0.3 is 14.2 Å². The van der Waals surface area contributed by atoms with E-state index in [0.29, 0.717) is 24.6 Å². The molecule has 1 aromatic heterocycles. The van der Waals surface area contributed by atoms with Gasteiger partial charge in [-0.3, -0.25) is 9.59 Å². The molecule has 1 saturated heterocycles. The molecular formula is C22H22ClN3O3. The van der Waals surface area contributed by atoms with Gasteiger partial charge in [0.2, 0.25) is 5.91 Å². The van der Waals surface area contributed by atoms with Crippen LogP contribution in [-0.2, 0) is 20.9 Å². The molecule has 0 aliphatic carbocycles. The first-order chi connectivity index (χ1) is 14.0. The minimum Gasteiger partial charge on any atom is -0.465 e. The number of ether oxygens (including phenoxy) is 1. The van der Waals surface area contributed by atoms with E-state index >= 15 is 0 Å². The minimum absolute atomic E-state index is 0.0232. The molecule has 1 aliphatic heterocycles. The average molecular weight is 412 g/mol. The standard InChI is InChI=1S/C22H22ClN3O3/c1-3-29-21(28)13-26-19-9-5-4-8-17(19)24-22(26)15-11-20(27)25(12-15)18-10-6-7-16(23)14(18)2/h4-10,15H,3,11-13H2,1-2H3/t15-/m0/s1. The van der Waals surface area contributed by atoms with Crippen molar-refractivity contribution in [2.45, 2.75) is 32.7 Å². The first kappa shape index (κ1) is 19.5. The Labute approximate surface area is 174 Å². The van der Waals surface area contributed by atoms with Crippen LogP contribution in [0.15, 0.2) is 42.5 Å². The van der Waals surface area contributed by atoms with E-state index < -0.39 is 0 Å². The first-order valence-electron chi connectivity index (χ1n) is 9.65. The van der Waals surface area contributed by atoms with Crippen molar-refractivity contribution in [1.29, 1.82) is 0 Å². The maximum Gasteiger partial charge on any atom is 0.326 e. The molecule has 2 heterocycles. The number of imidazole rings is 1. The maximum atomic E-state index is 12.8. The van der Waals surface area contributed by atoms with E-state index in [9.17, 15) is 9.59 Å². The van der Waals surface area contributed by atoms with Crippen LogP contribution in [-0.4, -0.2) is 34.6 Å². The zero-order valence-corrected chi connectivity index (χ0v) is 17.1. The first-order valence-corrected chi connectivity index (χ1v) is 10.0. The van der Waals surface area contributed by atoms with Crippen LogP contribution in [0.1, 0.15) is 30.7 Å². The quantitative estimate of drug-likeness (QED) is 0.593. The Kier molecular flexibility index (Phi) is 5.28. The van der Waals surface area contributed by atoms with Crippen molar-refractivity contribution in [3.05, 3.63) is 58.9 Å². The van der Waals surface area contributed by atoms with Crippen molar-refractivity contribution in [3.63, 3.8) is 0 Å². The van der Waals surface area contributed by atoms with Crippen molar-refractivity contribution in [2.75, 3.05) is 18.1 Å². The Bertz CT molecular complexity index is 1090. The summed E-state index contributed by atoms with van der Waals surface area (Å²) in [6.07, 6.45) is 0.331. The van der Waals surface area contributed by atoms with Gasteiger partial charge in [-0.2, -0.15) is 0 Å². The molecule has 6 nitrogen and oxygen atoms in total. The Morgan fingerprint density at radius 3 is 2.83 bits per heavy atom. The summed E-state index contributed by atoms with van der Waals surface area (Å²) in [5.41, 5.74) is 3.36. The van der Waals surface area contributed by atoms with Crippen molar-refractivity contribution in [2.24, 2.45) is 0 Å². The van der Waals surface area contributed by atoms with Gasteiger partial charge in [0.1, 0.15) is 12.4 Å². The Hall–Kier alpha value is -2.86. The van der Waals surface area contributed by atoms with E-state index in [0.717, 1.165) is 28.1 Å². The van der Waals surface area contributed by atoms with Crippen LogP contribution in [0.4, 0.5) is 5.69 Å². The lowest BCUT2D eigenvalue weighted by atomic mass is 10.1. The summed E-state index contributed by atoms with van der Waals surface area (Å²) in [6, 6.07) is 13.2. The lowest BCUT2D eigenvalue weighted by Gasteiger charge is -2.20. The molecule has 150 valence electrons. The molecule has 0 N–H and O–H groups in total. The number of benzene rings is 2. The number of hydrogen-bond donors (Lipinski definition) is 0. The maximum absolute atomic E-state index is 12.8. The van der Waals surface area contributed by atoms with E-state index in [-0.39, 0.29) is 24.3 Å². The highest BCUT2D eigenvalue weighted by Crippen LogP contribution is 2.36. The average Bonchev–Trinajstić information content (AvgIpc) is 3.25. The molecule has 3 aromatic rings. The highest BCUT2D eigenvalue weighted by atomic mass is 35.5. The summed E-state index contributed by atoms with van der Waals surface area (Å²) in [6.45, 7) is 4.58. The lowest BCUT2D eigenvalue weighted by molar-refractivity contribution is -0.143. The summed E-state index contributed by atoms with van der Waals surface area (Å²) >= 11 is 6.25. The summed E-state index contributed by atoms with van der Waals surface area (Å²) in [4.78, 5) is 31.5. The second-order valence-corrected chi connectivity index (χ2v) is 7.55. The highest BCUT2D eigenvalue weighted by Gasteiger charge is 2.35. The normalized spacial score (nSPS) is 16.6. The summed E-state index contributed by atoms with van der Waals surface area (Å²) in [7, 11) is 0. The molecule has 29 heavy (non-hydrogen) atoms. The number of para-hydroxylation sites is 2. The number of fused-ring (bicyclic) bond motifs is 1. The van der Waals surface area contributed by atoms with E-state index in [1.165, 1.54) is 0 Å². The van der Waals surface area contributed by atoms with Crippen LogP contribution in [0.2, 0.25) is 5.02 Å². The molecule has 0 bridgehead atoms. The second-order valence-electron chi connectivity index (χ2n) is 7.14. The zero-order chi connectivity index (χ0) is 20.5. The molecule has 4 rings (SSSR count). The van der Waals surface area contributed by atoms with Gasteiger partial charge in [0, 0.05) is 29.6 Å². The number of rotatable bonds is 5. The van der Waals surface area contributed by atoms with E-state index in [4.69, 9.17) is 21.3 Å². The smallest absolute Gasteiger partial charge is 0.326 e. The second kappa shape index (κ2) is 7.87. The monoisotopic (exact) mass is 411 g/mol. The van der Waals surface area contributed by atoms with Gasteiger partial charge >= 0.3 is 5.97 Å². The van der Waals surface area contributed by atoms with Gasteiger partial charge in [0.25, 0.3) is 0 Å². The number of esters is 1. The van der Waals surface area contributed by atoms with Gasteiger partial charge in [-0.05, 0) is 43.7 Å². The van der Waals surface area contributed by atoms with Gasteiger partial charge in [-0.1, -0.05) is 29.8 Å². The van der Waals surface area contributed by atoms with Gasteiger partial charge in [-0.25, -0.2) is 4.98 Å². The van der Waals surface area contributed by atoms with Crippen LogP contribution in [0, 0.1) is 6.92 Å². The number of carbonyl (C=O) groups excluding carboxylic acids is 2. The van der Waals surface area contributed by atoms with Crippen molar-refractivity contribution in [3.8, 4) is 0 Å². The Balaban J connectivity index is 1.71. The third-order valence-electron chi connectivity index (χ3n) is 5.30. The third kappa shape index (κ3) is 3.60. The minimum atomic E-state index is -0.316. The molecule has 1 amide bonds. The zero-order valence-electron chi connectivity index (χ0n) is 16.4. The highest BCUT2D eigenvalue weighted by molar-refractivity contribution is 6.31. The number of carbonyl (C=O) groups is 2. The number of anilines is 1. The third-order valence-corrected chi connectivity index (χ3v) is 5.71. The van der Waals surface area contributed by atoms with Crippen molar-refractivity contribution < 1.29 is 14.3 Å². The number of halogens is 1. The summed E-state index contributed by atoms with van der Waals surface area (Å²) < 4.78 is 7.02. The summed E-state index contributed by atoms with van der Waals surface area (Å²) in [5, 5.41) is 0.633. The number of hydrogen-bond acceptors (Lipinski definition) is 4. The van der Waals surface area contributed by atoms with E-state index in [1.54, 1.807) is 11.8 Å². The van der Waals surface area contributed by atoms with Crippen LogP contribution in [0.5, 0.6) is 0 Å². The molecule has 2 aromatic carbocycles. The van der Waals surface area contributed by atoms with Crippen molar-refractivity contribution >= 4 is 40.2 Å². The van der Waals surface area contributed by atoms with Crippen LogP contribution in [0.25, 0.3) is 11.0 Å². The number of nitrogens with zero attached hydrogens (tertiary/aromatic N) is 3. The fourth-order valence-corrected chi connectivity index (χ4v) is 4.08. The topological polar surface area (TPSA) is 64.4 Å². The lowest BCUT2D eigenvalue weighted by Crippen LogP contribution is -2.25. The van der Waals surface area contributed by atoms with Gasteiger partial charge in [0.05, 0.1) is 17.6 Å². The van der Waals surface area contributed by atoms with E-state index in [1.807, 2.05) is 54.0 Å². The molecular weight excluding hydrogens is 390 g/mol. The fourth-order valence-electron chi connectivity index (χ4n) is 3.91. The van der Waals surface area contributed by atoms with Gasteiger partial charge in [-0.15, -0.1) is 0 Å². The molecule has 0 radical (unpaired) electrons. The van der Waals surface area contributed by atoms with E-state index in [2.05, 4.69) is 0 Å². The molecule has 0 unspecified atom stereocenters. The molecule has 1 atom stereocenters. The van der Waals surface area contributed by atoms with Gasteiger partial charge in [0.15, 0.2) is 0 Å². The van der Waals surface area contributed by atoms with Crippen LogP contribution >= 0.6 is 11.6 Å². The SMILES string of the molecule is CCOC(=O)Cn1c([C@H]2CC(=O)N(c3cccc(Cl)c3C)C2)nc2ccccc21. The van der Waals surface area contributed by atoms with Crippen LogP contribution in [0.3, 0.4) is 0 Å². The summed E-state index contributed by atoms with van der Waals surface area (Å²) in [5.74, 6) is 0.316. The Morgan fingerprint density at radius 1 is 1.24 bits per heavy atom.